The lowest BCUT2D eigenvalue weighted by Gasteiger charge is -2.34. The normalized spacial score (nSPS) is 18.3. The summed E-state index contributed by atoms with van der Waals surface area (Å²) in [5.41, 5.74) is 0.797. The van der Waals surface area contributed by atoms with Crippen LogP contribution in [0.4, 0.5) is 0 Å². The molecule has 0 aromatic rings. The van der Waals surface area contributed by atoms with Crippen molar-refractivity contribution in [1.82, 2.24) is 4.90 Å². The van der Waals surface area contributed by atoms with E-state index in [2.05, 4.69) is 0 Å². The van der Waals surface area contributed by atoms with Crippen LogP contribution >= 0.6 is 0 Å². The summed E-state index contributed by atoms with van der Waals surface area (Å²) < 4.78 is 0. The van der Waals surface area contributed by atoms with Gasteiger partial charge in [0.2, 0.25) is 0 Å². The molecule has 4 heteroatoms. The number of hydrogen-bond acceptors (Lipinski definition) is 3. The van der Waals surface area contributed by atoms with Gasteiger partial charge in [-0.1, -0.05) is 0 Å². The minimum atomic E-state index is -0.943. The van der Waals surface area contributed by atoms with Gasteiger partial charge in [-0.2, -0.15) is 0 Å². The van der Waals surface area contributed by atoms with E-state index in [0.717, 1.165) is 19.5 Å². The Morgan fingerprint density at radius 2 is 2.08 bits per heavy atom. The van der Waals surface area contributed by atoms with Crippen molar-refractivity contribution in [1.29, 1.82) is 0 Å². The first-order valence-electron chi connectivity index (χ1n) is 3.95. The fourth-order valence-corrected chi connectivity index (χ4v) is 1.20. The molecule has 0 bridgehead atoms. The first kappa shape index (κ1) is 9.06. The first-order valence-corrected chi connectivity index (χ1v) is 3.95. The number of aliphatic carboxylic acids is 1. The van der Waals surface area contributed by atoms with E-state index < -0.39 is 5.97 Å². The summed E-state index contributed by atoms with van der Waals surface area (Å²) in [6.45, 7) is 3.04. The molecule has 0 aliphatic carbocycles. The summed E-state index contributed by atoms with van der Waals surface area (Å²) in [6, 6.07) is 0. The summed E-state index contributed by atoms with van der Waals surface area (Å²) in [5, 5.41) is 17.6. The minimum Gasteiger partial charge on any atom is -0.477 e. The molecule has 0 aromatic heterocycles. The largest absolute Gasteiger partial charge is 0.477 e. The lowest BCUT2D eigenvalue weighted by molar-refractivity contribution is -0.135. The Labute approximate surface area is 71.1 Å². The second-order valence-electron chi connectivity index (χ2n) is 2.93. The molecule has 1 aliphatic heterocycles. The van der Waals surface area contributed by atoms with E-state index in [1.807, 2.05) is 0 Å². The number of carboxylic acid groups (broad SMARTS) is 1. The molecule has 0 spiro atoms. The van der Waals surface area contributed by atoms with E-state index >= 15 is 0 Å². The third kappa shape index (κ3) is 1.58. The van der Waals surface area contributed by atoms with Gasteiger partial charge in [0.15, 0.2) is 0 Å². The Kier molecular flexibility index (Phi) is 2.70. The van der Waals surface area contributed by atoms with Gasteiger partial charge in [0.1, 0.15) is 5.70 Å². The van der Waals surface area contributed by atoms with Crippen LogP contribution in [0.25, 0.3) is 0 Å². The van der Waals surface area contributed by atoms with Crippen LogP contribution in [0.2, 0.25) is 0 Å². The molecule has 1 aliphatic rings. The van der Waals surface area contributed by atoms with Gasteiger partial charge in [-0.05, 0) is 18.9 Å². The minimum absolute atomic E-state index is 0.182. The highest BCUT2D eigenvalue weighted by Crippen LogP contribution is 2.17. The standard InChI is InChI=1S/C8H13NO3/c1-6(5-10)7(8(11)12)9-3-2-4-9/h10H,2-5H2,1H3,(H,11,12)/b7-6+. The SMILES string of the molecule is C/C(CO)=C(/C(=O)O)N1CCC1. The molecule has 12 heavy (non-hydrogen) atoms. The van der Waals surface area contributed by atoms with Crippen LogP contribution in [-0.2, 0) is 4.79 Å². The highest BCUT2D eigenvalue weighted by molar-refractivity contribution is 5.87. The van der Waals surface area contributed by atoms with Gasteiger partial charge in [-0.25, -0.2) is 4.79 Å². The molecule has 1 rings (SSSR count). The summed E-state index contributed by atoms with van der Waals surface area (Å²) in [6.07, 6.45) is 1.04. The van der Waals surface area contributed by atoms with Crippen LogP contribution in [-0.4, -0.2) is 40.8 Å². The molecule has 0 amide bonds. The molecule has 68 valence electrons. The number of carbonyl (C=O) groups is 1. The number of hydrogen-bond donors (Lipinski definition) is 2. The summed E-state index contributed by atoms with van der Waals surface area (Å²) in [7, 11) is 0. The molecule has 0 aromatic carbocycles. The van der Waals surface area contributed by atoms with Crippen molar-refractivity contribution >= 4 is 5.97 Å². The highest BCUT2D eigenvalue weighted by atomic mass is 16.4. The fourth-order valence-electron chi connectivity index (χ4n) is 1.20. The second kappa shape index (κ2) is 3.58. The quantitative estimate of drug-likeness (QED) is 0.589. The van der Waals surface area contributed by atoms with Crippen molar-refractivity contribution in [2.45, 2.75) is 13.3 Å². The molecule has 1 saturated heterocycles. The maximum absolute atomic E-state index is 10.7. The van der Waals surface area contributed by atoms with Crippen LogP contribution < -0.4 is 0 Å². The van der Waals surface area contributed by atoms with E-state index in [-0.39, 0.29) is 12.3 Å². The zero-order valence-electron chi connectivity index (χ0n) is 7.08. The number of likely N-dealkylation sites (tertiary alicyclic amines) is 1. The van der Waals surface area contributed by atoms with Crippen molar-refractivity contribution in [3.8, 4) is 0 Å². The smallest absolute Gasteiger partial charge is 0.352 e. The van der Waals surface area contributed by atoms with Gasteiger partial charge in [0, 0.05) is 13.1 Å². The Morgan fingerprint density at radius 3 is 2.33 bits per heavy atom. The number of rotatable bonds is 3. The Balaban J connectivity index is 2.79. The monoisotopic (exact) mass is 171 g/mol. The average Bonchev–Trinajstić information content (AvgIpc) is 1.94. The summed E-state index contributed by atoms with van der Waals surface area (Å²) in [4.78, 5) is 12.5. The van der Waals surface area contributed by atoms with E-state index in [4.69, 9.17) is 10.2 Å². The molecule has 1 fully saturated rings. The van der Waals surface area contributed by atoms with Crippen LogP contribution in [0.1, 0.15) is 13.3 Å². The number of aliphatic hydroxyl groups excluding tert-OH is 1. The Hall–Kier alpha value is -1.03. The van der Waals surface area contributed by atoms with Crippen LogP contribution in [0.3, 0.4) is 0 Å². The van der Waals surface area contributed by atoms with Crippen LogP contribution in [0.15, 0.2) is 11.3 Å². The van der Waals surface area contributed by atoms with Crippen molar-refractivity contribution in [2.24, 2.45) is 0 Å². The van der Waals surface area contributed by atoms with Gasteiger partial charge in [-0.3, -0.25) is 0 Å². The van der Waals surface area contributed by atoms with E-state index in [9.17, 15) is 4.79 Å². The maximum Gasteiger partial charge on any atom is 0.352 e. The van der Waals surface area contributed by atoms with Gasteiger partial charge >= 0.3 is 5.97 Å². The van der Waals surface area contributed by atoms with E-state index in [1.165, 1.54) is 0 Å². The molecular weight excluding hydrogens is 158 g/mol. The molecule has 1 heterocycles. The Morgan fingerprint density at radius 1 is 1.50 bits per heavy atom. The van der Waals surface area contributed by atoms with Gasteiger partial charge in [0.05, 0.1) is 6.61 Å². The molecule has 4 nitrogen and oxygen atoms in total. The molecule has 0 radical (unpaired) electrons. The maximum atomic E-state index is 10.7. The number of carboxylic acids is 1. The molecular formula is C8H13NO3. The second-order valence-corrected chi connectivity index (χ2v) is 2.93. The zero-order chi connectivity index (χ0) is 9.14. The van der Waals surface area contributed by atoms with E-state index in [0.29, 0.717) is 5.57 Å². The van der Waals surface area contributed by atoms with Crippen LogP contribution in [0, 0.1) is 0 Å². The average molecular weight is 171 g/mol. The van der Waals surface area contributed by atoms with Gasteiger partial charge in [0.25, 0.3) is 0 Å². The lowest BCUT2D eigenvalue weighted by Crippen LogP contribution is -2.39. The fraction of sp³-hybridized carbons (Fsp3) is 0.625. The molecule has 0 unspecified atom stereocenters. The Bertz CT molecular complexity index is 218. The summed E-state index contributed by atoms with van der Waals surface area (Å²) in [5.74, 6) is -0.943. The highest BCUT2D eigenvalue weighted by Gasteiger charge is 2.23. The predicted octanol–water partition coefficient (Wildman–Crippen LogP) is 0.0430. The van der Waals surface area contributed by atoms with Crippen molar-refractivity contribution < 1.29 is 15.0 Å². The number of nitrogens with zero attached hydrogens (tertiary/aromatic N) is 1. The van der Waals surface area contributed by atoms with Crippen molar-refractivity contribution in [2.75, 3.05) is 19.7 Å². The third-order valence-electron chi connectivity index (χ3n) is 2.02. The predicted molar refractivity (Wildman–Crippen MR) is 43.6 cm³/mol. The third-order valence-corrected chi connectivity index (χ3v) is 2.02. The molecule has 0 atom stereocenters. The van der Waals surface area contributed by atoms with Crippen molar-refractivity contribution in [3.63, 3.8) is 0 Å². The topological polar surface area (TPSA) is 60.8 Å². The van der Waals surface area contributed by atoms with Gasteiger partial charge < -0.3 is 15.1 Å². The van der Waals surface area contributed by atoms with Crippen molar-refractivity contribution in [3.05, 3.63) is 11.3 Å². The summed E-state index contributed by atoms with van der Waals surface area (Å²) >= 11 is 0. The molecule has 2 N–H and O–H groups in total. The van der Waals surface area contributed by atoms with Crippen LogP contribution in [0.5, 0.6) is 0 Å². The van der Waals surface area contributed by atoms with E-state index in [1.54, 1.807) is 11.8 Å². The van der Waals surface area contributed by atoms with Gasteiger partial charge in [-0.15, -0.1) is 0 Å². The number of aliphatic hydroxyl groups is 1. The molecule has 0 saturated carbocycles. The zero-order valence-corrected chi connectivity index (χ0v) is 7.08. The first-order chi connectivity index (χ1) is 5.66. The lowest BCUT2D eigenvalue weighted by atomic mass is 10.1.